The molecule has 0 aliphatic carbocycles. The van der Waals surface area contributed by atoms with Crippen molar-refractivity contribution in [3.05, 3.63) is 57.2 Å². The van der Waals surface area contributed by atoms with E-state index in [0.717, 1.165) is 22.8 Å². The highest BCUT2D eigenvalue weighted by atomic mass is 32.2. The molecule has 0 amide bonds. The molecule has 0 unspecified atom stereocenters. The molecule has 8 heteroatoms. The van der Waals surface area contributed by atoms with Gasteiger partial charge in [0, 0.05) is 6.08 Å². The molecule has 108 valence electrons. The third-order valence-corrected chi connectivity index (χ3v) is 3.57. The van der Waals surface area contributed by atoms with Crippen LogP contribution in [0.2, 0.25) is 0 Å². The molecular weight excluding hydrogens is 304 g/mol. The number of allylic oxidation sites excluding steroid dienone is 1. The Morgan fingerprint density at radius 2 is 2.23 bits per heavy atom. The van der Waals surface area contributed by atoms with Crippen LogP contribution in [0.15, 0.2) is 50.9 Å². The summed E-state index contributed by atoms with van der Waals surface area (Å²) in [5.74, 6) is -0.121. The minimum Gasteiger partial charge on any atom is -0.401 e. The van der Waals surface area contributed by atoms with Crippen molar-refractivity contribution in [1.82, 2.24) is 9.97 Å². The molecule has 0 aliphatic rings. The number of nitrogens with one attached hydrogen (secondary N) is 1. The van der Waals surface area contributed by atoms with Gasteiger partial charge in [-0.05, 0) is 30.0 Å². The summed E-state index contributed by atoms with van der Waals surface area (Å²) in [7, 11) is 0. The first-order valence-corrected chi connectivity index (χ1v) is 6.96. The van der Waals surface area contributed by atoms with E-state index in [4.69, 9.17) is 4.42 Å². The third kappa shape index (κ3) is 2.84. The average molecular weight is 312 g/mol. The molecule has 1 N–H and O–H groups in total. The van der Waals surface area contributed by atoms with E-state index in [1.54, 1.807) is 0 Å². The van der Waals surface area contributed by atoms with Gasteiger partial charge in [0.2, 0.25) is 0 Å². The molecule has 0 bridgehead atoms. The molecule has 2 heterocycles. The molecule has 3 aromatic rings. The number of rotatable bonds is 4. The van der Waals surface area contributed by atoms with Crippen molar-refractivity contribution < 1.29 is 9.34 Å². The number of furan rings is 1. The van der Waals surface area contributed by atoms with Crippen molar-refractivity contribution in [2.75, 3.05) is 0 Å². The maximum atomic E-state index is 10.6. The van der Waals surface area contributed by atoms with Crippen LogP contribution in [-0.4, -0.2) is 14.9 Å². The Balaban J connectivity index is 1.85. The maximum absolute atomic E-state index is 10.6. The van der Waals surface area contributed by atoms with Crippen molar-refractivity contribution in [2.24, 2.45) is 0 Å². The van der Waals surface area contributed by atoms with Crippen LogP contribution in [0, 0.1) is 21.4 Å². The number of thioether (sulfide) groups is 1. The van der Waals surface area contributed by atoms with Crippen LogP contribution in [0.3, 0.4) is 0 Å². The van der Waals surface area contributed by atoms with Gasteiger partial charge in [0.05, 0.1) is 22.0 Å². The smallest absolute Gasteiger partial charge is 0.401 e. The number of imidazole rings is 1. The summed E-state index contributed by atoms with van der Waals surface area (Å²) < 4.78 is 5.00. The summed E-state index contributed by atoms with van der Waals surface area (Å²) in [5.41, 5.74) is 1.67. The predicted octanol–water partition coefficient (Wildman–Crippen LogP) is 3.72. The zero-order valence-electron chi connectivity index (χ0n) is 11.0. The number of fused-ring (bicyclic) bond motifs is 1. The Labute approximate surface area is 128 Å². The van der Waals surface area contributed by atoms with E-state index in [-0.39, 0.29) is 11.6 Å². The summed E-state index contributed by atoms with van der Waals surface area (Å²) in [6.45, 7) is 0. The van der Waals surface area contributed by atoms with Crippen molar-refractivity contribution in [3.8, 4) is 6.07 Å². The lowest BCUT2D eigenvalue weighted by atomic mass is 10.3. The molecule has 0 saturated heterocycles. The normalized spacial score (nSPS) is 11.5. The molecule has 1 aromatic carbocycles. The molecule has 0 spiro atoms. The maximum Gasteiger partial charge on any atom is 0.433 e. The molecule has 0 saturated carbocycles. The Bertz CT molecular complexity index is 886. The van der Waals surface area contributed by atoms with Gasteiger partial charge in [-0.3, -0.25) is 10.1 Å². The van der Waals surface area contributed by atoms with Crippen LogP contribution < -0.4 is 0 Å². The summed E-state index contributed by atoms with van der Waals surface area (Å²) in [6.07, 6.45) is 1.44. The Morgan fingerprint density at radius 3 is 2.91 bits per heavy atom. The fraction of sp³-hybridized carbons (Fsp3) is 0. The molecule has 0 fully saturated rings. The number of aromatic nitrogens is 2. The van der Waals surface area contributed by atoms with E-state index in [2.05, 4.69) is 9.97 Å². The van der Waals surface area contributed by atoms with Gasteiger partial charge in [0.1, 0.15) is 16.8 Å². The van der Waals surface area contributed by atoms with Gasteiger partial charge >= 0.3 is 5.88 Å². The third-order valence-electron chi connectivity index (χ3n) is 2.75. The van der Waals surface area contributed by atoms with Gasteiger partial charge in [0.25, 0.3) is 0 Å². The molecule has 0 aliphatic heterocycles. The highest BCUT2D eigenvalue weighted by Crippen LogP contribution is 2.28. The number of nitriles is 1. The van der Waals surface area contributed by atoms with E-state index in [9.17, 15) is 15.4 Å². The minimum atomic E-state index is -0.629. The lowest BCUT2D eigenvalue weighted by Gasteiger charge is -1.93. The number of benzene rings is 1. The number of H-pyrrole nitrogens is 1. The van der Waals surface area contributed by atoms with E-state index in [1.165, 1.54) is 18.2 Å². The van der Waals surface area contributed by atoms with Crippen molar-refractivity contribution in [3.63, 3.8) is 0 Å². The number of nitrogens with zero attached hydrogens (tertiary/aromatic N) is 3. The van der Waals surface area contributed by atoms with E-state index >= 15 is 0 Å². The molecular formula is C14H8N4O3S. The number of nitro groups is 1. The van der Waals surface area contributed by atoms with Crippen molar-refractivity contribution in [1.29, 1.82) is 5.26 Å². The minimum absolute atomic E-state index is 0.242. The SMILES string of the molecule is N#C/C(=C\c1ccc([N+](=O)[O-])o1)Sc1nc2ccccc2[nH]1. The first-order chi connectivity index (χ1) is 10.7. The first kappa shape index (κ1) is 13.9. The van der Waals surface area contributed by atoms with Crippen LogP contribution in [0.1, 0.15) is 5.76 Å². The standard InChI is InChI=1S/C14H8N4O3S/c15-8-10(7-9-5-6-13(21-9)18(19)20)22-14-16-11-3-1-2-4-12(11)17-14/h1-7H,(H,16,17)/b10-7+. The zero-order chi connectivity index (χ0) is 15.5. The highest BCUT2D eigenvalue weighted by Gasteiger charge is 2.12. The molecule has 2 aromatic heterocycles. The second-order valence-corrected chi connectivity index (χ2v) is 5.25. The fourth-order valence-corrected chi connectivity index (χ4v) is 2.55. The van der Waals surface area contributed by atoms with Crippen LogP contribution >= 0.6 is 11.8 Å². The molecule has 7 nitrogen and oxygen atoms in total. The quantitative estimate of drug-likeness (QED) is 0.340. The van der Waals surface area contributed by atoms with Gasteiger partial charge in [-0.25, -0.2) is 4.98 Å². The predicted molar refractivity (Wildman–Crippen MR) is 80.9 cm³/mol. The van der Waals surface area contributed by atoms with E-state index in [0.29, 0.717) is 10.1 Å². The zero-order valence-corrected chi connectivity index (χ0v) is 11.8. The largest absolute Gasteiger partial charge is 0.433 e. The monoisotopic (exact) mass is 312 g/mol. The number of para-hydroxylation sites is 2. The number of hydrogen-bond donors (Lipinski definition) is 1. The van der Waals surface area contributed by atoms with Gasteiger partial charge in [-0.15, -0.1) is 0 Å². The van der Waals surface area contributed by atoms with Gasteiger partial charge in [0.15, 0.2) is 5.16 Å². The highest BCUT2D eigenvalue weighted by molar-refractivity contribution is 8.03. The Kier molecular flexibility index (Phi) is 3.64. The van der Waals surface area contributed by atoms with Gasteiger partial charge in [-0.1, -0.05) is 12.1 Å². The number of hydrogen-bond acceptors (Lipinski definition) is 6. The summed E-state index contributed by atoms with van der Waals surface area (Å²) in [6, 6.07) is 12.2. The lowest BCUT2D eigenvalue weighted by Crippen LogP contribution is -1.82. The Morgan fingerprint density at radius 1 is 1.41 bits per heavy atom. The van der Waals surface area contributed by atoms with Crippen molar-refractivity contribution in [2.45, 2.75) is 5.16 Å². The van der Waals surface area contributed by atoms with Crippen LogP contribution in [0.4, 0.5) is 5.88 Å². The molecule has 0 radical (unpaired) electrons. The molecule has 22 heavy (non-hydrogen) atoms. The van der Waals surface area contributed by atoms with Crippen molar-refractivity contribution >= 4 is 34.8 Å². The Hall–Kier alpha value is -3.05. The van der Waals surface area contributed by atoms with Gasteiger partial charge < -0.3 is 9.40 Å². The fourth-order valence-electron chi connectivity index (χ4n) is 1.81. The average Bonchev–Trinajstić information content (AvgIpc) is 3.12. The van der Waals surface area contributed by atoms with Gasteiger partial charge in [-0.2, -0.15) is 5.26 Å². The van der Waals surface area contributed by atoms with E-state index in [1.807, 2.05) is 30.3 Å². The molecule has 3 rings (SSSR count). The van der Waals surface area contributed by atoms with Crippen LogP contribution in [-0.2, 0) is 0 Å². The second-order valence-electron chi connectivity index (χ2n) is 4.21. The van der Waals surface area contributed by atoms with E-state index < -0.39 is 4.92 Å². The second kappa shape index (κ2) is 5.75. The lowest BCUT2D eigenvalue weighted by molar-refractivity contribution is -0.402. The summed E-state index contributed by atoms with van der Waals surface area (Å²) in [5, 5.41) is 20.3. The molecule has 0 atom stereocenters. The summed E-state index contributed by atoms with van der Waals surface area (Å²) in [4.78, 5) is 17.7. The first-order valence-electron chi connectivity index (χ1n) is 6.14. The topological polar surface area (TPSA) is 109 Å². The summed E-state index contributed by atoms with van der Waals surface area (Å²) >= 11 is 1.13. The number of aromatic amines is 1. The van der Waals surface area contributed by atoms with Crippen LogP contribution in [0.5, 0.6) is 0 Å². The van der Waals surface area contributed by atoms with Crippen LogP contribution in [0.25, 0.3) is 17.1 Å².